The van der Waals surface area contributed by atoms with Gasteiger partial charge in [0, 0.05) is 17.3 Å². The van der Waals surface area contributed by atoms with Gasteiger partial charge in [0.2, 0.25) is 0 Å². The first-order chi connectivity index (χ1) is 11.1. The van der Waals surface area contributed by atoms with E-state index in [4.69, 9.17) is 0 Å². The number of hydrogen-bond donors (Lipinski definition) is 2. The summed E-state index contributed by atoms with van der Waals surface area (Å²) in [6, 6.07) is 11.9. The molecule has 2 fully saturated rings. The predicted molar refractivity (Wildman–Crippen MR) is 83.7 cm³/mol. The molecule has 116 valence electrons. The number of nitriles is 1. The summed E-state index contributed by atoms with van der Waals surface area (Å²) in [5.74, 6) is 0. The quantitative estimate of drug-likeness (QED) is 0.833. The number of benzene rings is 2. The van der Waals surface area contributed by atoms with E-state index in [1.165, 1.54) is 9.80 Å². The minimum absolute atomic E-state index is 0.311. The van der Waals surface area contributed by atoms with Crippen LogP contribution in [-0.4, -0.2) is 46.1 Å². The molecule has 3 atom stereocenters. The smallest absolute Gasteiger partial charge is 0.327 e. The molecule has 0 radical (unpaired) electrons. The lowest BCUT2D eigenvalue weighted by Crippen LogP contribution is -2.41. The molecule has 0 saturated carbocycles. The van der Waals surface area contributed by atoms with Gasteiger partial charge in [0.25, 0.3) is 0 Å². The van der Waals surface area contributed by atoms with Crippen LogP contribution in [0, 0.1) is 11.3 Å². The van der Waals surface area contributed by atoms with Crippen LogP contribution < -0.4 is 4.90 Å². The van der Waals surface area contributed by atoms with Gasteiger partial charge in [0.15, 0.2) is 6.23 Å². The first-order valence-electron chi connectivity index (χ1n) is 7.51. The molecule has 0 spiro atoms. The Morgan fingerprint density at radius 3 is 2.57 bits per heavy atom. The van der Waals surface area contributed by atoms with Gasteiger partial charge in [-0.3, -0.25) is 4.90 Å². The highest BCUT2D eigenvalue weighted by Crippen LogP contribution is 2.38. The van der Waals surface area contributed by atoms with E-state index in [9.17, 15) is 20.3 Å². The van der Waals surface area contributed by atoms with E-state index >= 15 is 0 Å². The second kappa shape index (κ2) is 4.95. The van der Waals surface area contributed by atoms with Crippen molar-refractivity contribution >= 4 is 22.5 Å². The van der Waals surface area contributed by atoms with Crippen molar-refractivity contribution in [2.24, 2.45) is 0 Å². The van der Waals surface area contributed by atoms with Gasteiger partial charge >= 0.3 is 6.03 Å². The number of urea groups is 1. The molecule has 6 heteroatoms. The predicted octanol–water partition coefficient (Wildman–Crippen LogP) is 1.41. The zero-order valence-corrected chi connectivity index (χ0v) is 12.3. The number of aliphatic hydroxyl groups excluding tert-OH is 2. The van der Waals surface area contributed by atoms with E-state index in [1.54, 1.807) is 12.1 Å². The number of rotatable bonds is 1. The average Bonchev–Trinajstić information content (AvgIpc) is 3.07. The molecule has 2 amide bonds. The topological polar surface area (TPSA) is 87.8 Å². The molecule has 1 unspecified atom stereocenters. The molecule has 0 aliphatic carbocycles. The van der Waals surface area contributed by atoms with Crippen LogP contribution in [0.1, 0.15) is 12.0 Å². The van der Waals surface area contributed by atoms with E-state index in [1.807, 2.05) is 24.3 Å². The van der Waals surface area contributed by atoms with Crippen molar-refractivity contribution < 1.29 is 15.0 Å². The molecule has 2 saturated heterocycles. The van der Waals surface area contributed by atoms with Crippen molar-refractivity contribution in [2.75, 3.05) is 11.4 Å². The third-order valence-electron chi connectivity index (χ3n) is 4.72. The zero-order valence-electron chi connectivity index (χ0n) is 12.3. The first-order valence-corrected chi connectivity index (χ1v) is 7.51. The maximum atomic E-state index is 12.7. The molecule has 2 aromatic carbocycles. The van der Waals surface area contributed by atoms with Gasteiger partial charge in [-0.1, -0.05) is 24.3 Å². The molecular weight excluding hydrogens is 294 g/mol. The van der Waals surface area contributed by atoms with Crippen molar-refractivity contribution in [3.63, 3.8) is 0 Å². The summed E-state index contributed by atoms with van der Waals surface area (Å²) in [5, 5.41) is 31.3. The summed E-state index contributed by atoms with van der Waals surface area (Å²) in [5.41, 5.74) is 1.07. The van der Waals surface area contributed by atoms with Gasteiger partial charge in [-0.2, -0.15) is 5.26 Å². The molecular formula is C17H15N3O3. The Morgan fingerprint density at radius 2 is 1.87 bits per heavy atom. The van der Waals surface area contributed by atoms with Crippen molar-refractivity contribution in [1.82, 2.24) is 4.90 Å². The van der Waals surface area contributed by atoms with Gasteiger partial charge < -0.3 is 15.1 Å². The molecule has 4 rings (SSSR count). The lowest BCUT2D eigenvalue weighted by atomic mass is 10.0. The molecule has 2 heterocycles. The molecule has 2 aromatic rings. The Bertz CT molecular complexity index is 845. The van der Waals surface area contributed by atoms with Crippen LogP contribution in [0.15, 0.2) is 36.4 Å². The van der Waals surface area contributed by atoms with Crippen molar-refractivity contribution in [1.29, 1.82) is 5.26 Å². The summed E-state index contributed by atoms with van der Waals surface area (Å²) in [7, 11) is 0. The fourth-order valence-electron chi connectivity index (χ4n) is 3.62. The van der Waals surface area contributed by atoms with E-state index in [0.717, 1.165) is 10.8 Å². The van der Waals surface area contributed by atoms with Crippen LogP contribution in [0.2, 0.25) is 0 Å². The number of fused-ring (bicyclic) bond motifs is 2. The Balaban J connectivity index is 1.88. The molecule has 23 heavy (non-hydrogen) atoms. The van der Waals surface area contributed by atoms with Gasteiger partial charge in [0.05, 0.1) is 23.4 Å². The number of carbonyl (C=O) groups excluding carboxylic acids is 1. The maximum absolute atomic E-state index is 12.7. The number of carbonyl (C=O) groups is 1. The van der Waals surface area contributed by atoms with Crippen LogP contribution in [0.5, 0.6) is 0 Å². The highest BCUT2D eigenvalue weighted by atomic mass is 16.3. The Kier molecular flexibility index (Phi) is 3.01. The molecule has 2 aliphatic heterocycles. The molecule has 2 aliphatic rings. The molecule has 0 aromatic heterocycles. The third kappa shape index (κ3) is 1.84. The number of aliphatic hydroxyl groups is 2. The Labute approximate surface area is 132 Å². The lowest BCUT2D eigenvalue weighted by Gasteiger charge is -2.24. The first kappa shape index (κ1) is 14.0. The van der Waals surface area contributed by atoms with Gasteiger partial charge in [0.1, 0.15) is 6.04 Å². The SMILES string of the molecule is N#Cc1ccc(N2C(=O)N3CC[C@@H](O)C3[C@H]2O)c2ccccc12. The van der Waals surface area contributed by atoms with Crippen LogP contribution in [-0.2, 0) is 0 Å². The summed E-state index contributed by atoms with van der Waals surface area (Å²) in [6.07, 6.45) is -1.34. The number of amides is 2. The zero-order chi connectivity index (χ0) is 16.1. The van der Waals surface area contributed by atoms with Gasteiger partial charge in [-0.05, 0) is 18.6 Å². The van der Waals surface area contributed by atoms with Crippen LogP contribution in [0.4, 0.5) is 10.5 Å². The molecule has 2 N–H and O–H groups in total. The summed E-state index contributed by atoms with van der Waals surface area (Å²) in [6.45, 7) is 0.437. The summed E-state index contributed by atoms with van der Waals surface area (Å²) >= 11 is 0. The van der Waals surface area contributed by atoms with Crippen LogP contribution in [0.25, 0.3) is 10.8 Å². The van der Waals surface area contributed by atoms with Crippen molar-refractivity contribution in [3.05, 3.63) is 42.0 Å². The molecule has 6 nitrogen and oxygen atoms in total. The largest absolute Gasteiger partial charge is 0.391 e. The summed E-state index contributed by atoms with van der Waals surface area (Å²) < 4.78 is 0. The number of anilines is 1. The highest BCUT2D eigenvalue weighted by Gasteiger charge is 2.52. The lowest BCUT2D eigenvalue weighted by molar-refractivity contribution is 0.0593. The minimum atomic E-state index is -1.10. The second-order valence-electron chi connectivity index (χ2n) is 5.90. The van der Waals surface area contributed by atoms with Crippen LogP contribution in [0.3, 0.4) is 0 Å². The van der Waals surface area contributed by atoms with Gasteiger partial charge in [-0.15, -0.1) is 0 Å². The Hall–Kier alpha value is -2.62. The fourth-order valence-corrected chi connectivity index (χ4v) is 3.62. The number of nitrogens with zero attached hydrogens (tertiary/aromatic N) is 3. The standard InChI is InChI=1S/C17H15N3O3/c18-9-10-5-6-13(12-4-2-1-3-11(10)12)20-16(22)15-14(21)7-8-19(15)17(20)23/h1-6,14-16,21-22H,7-8H2/t14-,15?,16-/m1/s1. The van der Waals surface area contributed by atoms with Crippen molar-refractivity contribution in [2.45, 2.75) is 24.8 Å². The third-order valence-corrected chi connectivity index (χ3v) is 4.72. The van der Waals surface area contributed by atoms with Crippen molar-refractivity contribution in [3.8, 4) is 6.07 Å². The average molecular weight is 309 g/mol. The van der Waals surface area contributed by atoms with E-state index in [0.29, 0.717) is 24.2 Å². The maximum Gasteiger partial charge on any atom is 0.327 e. The minimum Gasteiger partial charge on any atom is -0.391 e. The molecule has 0 bridgehead atoms. The van der Waals surface area contributed by atoms with E-state index in [2.05, 4.69) is 6.07 Å². The van der Waals surface area contributed by atoms with Gasteiger partial charge in [-0.25, -0.2) is 4.79 Å². The summed E-state index contributed by atoms with van der Waals surface area (Å²) in [4.78, 5) is 15.5. The fraction of sp³-hybridized carbons (Fsp3) is 0.294. The van der Waals surface area contributed by atoms with E-state index < -0.39 is 18.4 Å². The monoisotopic (exact) mass is 309 g/mol. The number of hydrogen-bond acceptors (Lipinski definition) is 4. The Morgan fingerprint density at radius 1 is 1.13 bits per heavy atom. The van der Waals surface area contributed by atoms with E-state index in [-0.39, 0.29) is 6.03 Å². The van der Waals surface area contributed by atoms with Crippen LogP contribution >= 0.6 is 0 Å². The highest BCUT2D eigenvalue weighted by molar-refractivity contribution is 6.06. The second-order valence-corrected chi connectivity index (χ2v) is 5.90. The normalized spacial score (nSPS) is 26.7.